The molecule has 0 aliphatic carbocycles. The van der Waals surface area contributed by atoms with E-state index >= 15 is 0 Å². The summed E-state index contributed by atoms with van der Waals surface area (Å²) < 4.78 is 8.46. The van der Waals surface area contributed by atoms with Crippen LogP contribution in [-0.2, 0) is 20.9 Å². The van der Waals surface area contributed by atoms with Gasteiger partial charge in [-0.05, 0) is 81.6 Å². The van der Waals surface area contributed by atoms with Gasteiger partial charge in [0.2, 0.25) is 0 Å². The number of aryl methyl sites for hydroxylation is 1. The number of hydrogen-bond donors (Lipinski definition) is 0. The standard InChI is InChI=1S/C34H54N4O4/c1-22-12-11-16-33(5,6)23(2)20-29(42-30(39)15-17-34(7,8)32(40)24(3)31(22)36-41)26-13-14-28-27(21-26)35-25(4)38(28)19-18-37(9)10/h13-14,21-24,29,31H,11-12,15-20H2,1-10H3/t22-,23?,24+,29?,31?/m0/s1. The lowest BCUT2D eigenvalue weighted by Gasteiger charge is -2.36. The maximum absolute atomic E-state index is 13.5. The smallest absolute Gasteiger partial charge is 0.306 e. The zero-order valence-electron chi connectivity index (χ0n) is 27.7. The molecule has 2 heterocycles. The van der Waals surface area contributed by atoms with E-state index in [0.29, 0.717) is 12.8 Å². The molecule has 5 atom stereocenters. The number of carbonyl (C=O) groups excluding carboxylic acids is 2. The summed E-state index contributed by atoms with van der Waals surface area (Å²) in [4.78, 5) is 45.7. The van der Waals surface area contributed by atoms with Gasteiger partial charge in [-0.1, -0.05) is 66.1 Å². The van der Waals surface area contributed by atoms with Gasteiger partial charge in [-0.15, -0.1) is 0 Å². The molecule has 0 radical (unpaired) electrons. The van der Waals surface area contributed by atoms with E-state index in [4.69, 9.17) is 9.72 Å². The number of cyclic esters (lactones) is 1. The number of Topliss-reactive ketones (excluding diaryl/α,β-unsaturated/α-hetero) is 1. The van der Waals surface area contributed by atoms with E-state index < -0.39 is 23.5 Å². The van der Waals surface area contributed by atoms with E-state index in [9.17, 15) is 14.5 Å². The summed E-state index contributed by atoms with van der Waals surface area (Å²) in [7, 11) is 4.13. The average Bonchev–Trinajstić information content (AvgIpc) is 3.23. The second-order valence-electron chi connectivity index (χ2n) is 14.5. The first-order chi connectivity index (χ1) is 19.6. The van der Waals surface area contributed by atoms with E-state index in [1.54, 1.807) is 0 Å². The third kappa shape index (κ3) is 8.06. The number of ketones is 1. The van der Waals surface area contributed by atoms with Gasteiger partial charge in [-0.2, -0.15) is 4.91 Å². The summed E-state index contributed by atoms with van der Waals surface area (Å²) in [5.41, 5.74) is 2.17. The number of rotatable bonds is 5. The third-order valence-electron chi connectivity index (χ3n) is 10.0. The Balaban J connectivity index is 1.94. The zero-order chi connectivity index (χ0) is 31.4. The van der Waals surface area contributed by atoms with Crippen LogP contribution in [0.5, 0.6) is 0 Å². The summed E-state index contributed by atoms with van der Waals surface area (Å²) in [5, 5.41) is 3.41. The number of esters is 1. The monoisotopic (exact) mass is 582 g/mol. The Morgan fingerprint density at radius 1 is 1.10 bits per heavy atom. The van der Waals surface area contributed by atoms with Crippen LogP contribution in [0.15, 0.2) is 23.4 Å². The average molecular weight is 583 g/mol. The summed E-state index contributed by atoms with van der Waals surface area (Å²) in [6, 6.07) is 5.69. The van der Waals surface area contributed by atoms with Gasteiger partial charge in [0.15, 0.2) is 0 Å². The lowest BCUT2D eigenvalue weighted by molar-refractivity contribution is -0.152. The van der Waals surface area contributed by atoms with Gasteiger partial charge in [0.1, 0.15) is 23.8 Å². The van der Waals surface area contributed by atoms with Crippen molar-refractivity contribution in [3.05, 3.63) is 34.5 Å². The Morgan fingerprint density at radius 3 is 2.43 bits per heavy atom. The van der Waals surface area contributed by atoms with Crippen LogP contribution in [0, 0.1) is 40.4 Å². The highest BCUT2D eigenvalue weighted by atomic mass is 16.5. The number of carbonyl (C=O) groups is 2. The molecule has 3 rings (SSSR count). The van der Waals surface area contributed by atoms with Crippen molar-refractivity contribution in [2.24, 2.45) is 33.8 Å². The van der Waals surface area contributed by atoms with Crippen LogP contribution in [0.2, 0.25) is 0 Å². The Kier molecular flexibility index (Phi) is 11.1. The molecule has 8 heteroatoms. The number of hydrogen-bond acceptors (Lipinski definition) is 7. The van der Waals surface area contributed by atoms with Crippen LogP contribution >= 0.6 is 0 Å². The molecule has 0 N–H and O–H groups in total. The quantitative estimate of drug-likeness (QED) is 0.267. The highest BCUT2D eigenvalue weighted by Gasteiger charge is 2.39. The molecule has 0 amide bonds. The van der Waals surface area contributed by atoms with Crippen molar-refractivity contribution in [2.75, 3.05) is 20.6 Å². The third-order valence-corrected chi connectivity index (χ3v) is 10.0. The number of likely N-dealkylation sites (N-methyl/N-ethyl adjacent to an activating group) is 1. The van der Waals surface area contributed by atoms with Gasteiger partial charge in [0, 0.05) is 30.8 Å². The van der Waals surface area contributed by atoms with Crippen molar-refractivity contribution >= 4 is 22.8 Å². The highest BCUT2D eigenvalue weighted by molar-refractivity contribution is 5.87. The van der Waals surface area contributed by atoms with Crippen molar-refractivity contribution in [1.82, 2.24) is 14.5 Å². The maximum atomic E-state index is 13.5. The van der Waals surface area contributed by atoms with Crippen molar-refractivity contribution in [1.29, 1.82) is 0 Å². The van der Waals surface area contributed by atoms with E-state index in [-0.39, 0.29) is 35.4 Å². The Bertz CT molecular complexity index is 1250. The van der Waals surface area contributed by atoms with Gasteiger partial charge >= 0.3 is 5.97 Å². The molecule has 1 aromatic carbocycles. The van der Waals surface area contributed by atoms with E-state index in [1.807, 2.05) is 34.6 Å². The second kappa shape index (κ2) is 13.8. The van der Waals surface area contributed by atoms with Crippen molar-refractivity contribution in [3.8, 4) is 0 Å². The molecule has 1 fully saturated rings. The molecule has 234 valence electrons. The van der Waals surface area contributed by atoms with Gasteiger partial charge < -0.3 is 14.2 Å². The molecule has 0 bridgehead atoms. The molecular formula is C34H54N4O4. The molecule has 3 unspecified atom stereocenters. The first-order valence-electron chi connectivity index (χ1n) is 15.7. The minimum Gasteiger partial charge on any atom is -0.457 e. The van der Waals surface area contributed by atoms with Crippen molar-refractivity contribution < 1.29 is 14.3 Å². The van der Waals surface area contributed by atoms with Crippen LogP contribution in [0.1, 0.15) is 104 Å². The molecule has 1 aliphatic heterocycles. The zero-order valence-corrected chi connectivity index (χ0v) is 27.7. The molecule has 1 aliphatic rings. The number of imidazole rings is 1. The number of nitrogens with zero attached hydrogens (tertiary/aromatic N) is 4. The summed E-state index contributed by atoms with van der Waals surface area (Å²) in [6.45, 7) is 18.2. The largest absolute Gasteiger partial charge is 0.457 e. The maximum Gasteiger partial charge on any atom is 0.306 e. The molecular weight excluding hydrogens is 528 g/mol. The molecule has 1 aromatic heterocycles. The predicted octanol–water partition coefficient (Wildman–Crippen LogP) is 7.51. The van der Waals surface area contributed by atoms with Gasteiger partial charge in [-0.25, -0.2) is 4.98 Å². The number of ether oxygens (including phenoxy) is 1. The fourth-order valence-electron chi connectivity index (χ4n) is 6.45. The number of fused-ring (bicyclic) bond motifs is 1. The fraction of sp³-hybridized carbons (Fsp3) is 0.735. The number of nitroso groups, excluding NO2 is 1. The topological polar surface area (TPSA) is 93.9 Å². The molecule has 1 saturated heterocycles. The lowest BCUT2D eigenvalue weighted by atomic mass is 9.71. The minimum absolute atomic E-state index is 0.0105. The second-order valence-corrected chi connectivity index (χ2v) is 14.5. The Labute approximate surface area is 252 Å². The van der Waals surface area contributed by atoms with Crippen LogP contribution in [-0.4, -0.2) is 52.9 Å². The molecule has 0 saturated carbocycles. The minimum atomic E-state index is -0.765. The number of aromatic nitrogens is 2. The van der Waals surface area contributed by atoms with E-state index in [0.717, 1.165) is 54.8 Å². The predicted molar refractivity (Wildman–Crippen MR) is 169 cm³/mol. The van der Waals surface area contributed by atoms with Crippen LogP contribution < -0.4 is 0 Å². The van der Waals surface area contributed by atoms with E-state index in [2.05, 4.69) is 67.7 Å². The summed E-state index contributed by atoms with van der Waals surface area (Å²) >= 11 is 0. The van der Waals surface area contributed by atoms with Gasteiger partial charge in [0.25, 0.3) is 0 Å². The first kappa shape index (κ1) is 33.9. The Morgan fingerprint density at radius 2 is 1.79 bits per heavy atom. The summed E-state index contributed by atoms with van der Waals surface area (Å²) in [6.07, 6.45) is 3.53. The van der Waals surface area contributed by atoms with Crippen molar-refractivity contribution in [3.63, 3.8) is 0 Å². The number of benzene rings is 1. The van der Waals surface area contributed by atoms with Gasteiger partial charge in [-0.3, -0.25) is 9.59 Å². The molecule has 2 aromatic rings. The summed E-state index contributed by atoms with van der Waals surface area (Å²) in [5.74, 6) is 0.429. The normalized spacial score (nSPS) is 28.1. The highest BCUT2D eigenvalue weighted by Crippen LogP contribution is 2.41. The molecule has 42 heavy (non-hydrogen) atoms. The van der Waals surface area contributed by atoms with Crippen molar-refractivity contribution in [2.45, 2.75) is 113 Å². The van der Waals surface area contributed by atoms with Crippen LogP contribution in [0.4, 0.5) is 0 Å². The molecule has 0 spiro atoms. The SMILES string of the molecule is Cc1nc2cc(C3CC(C)C(C)(C)CCC[C@H](C)C(N=O)[C@@H](C)C(=O)C(C)(C)CCC(=O)O3)ccc2n1CCN(C)C. The first-order valence-corrected chi connectivity index (χ1v) is 15.7. The van der Waals surface area contributed by atoms with E-state index in [1.165, 1.54) is 0 Å². The van der Waals surface area contributed by atoms with Crippen LogP contribution in [0.3, 0.4) is 0 Å². The van der Waals surface area contributed by atoms with Gasteiger partial charge in [0.05, 0.1) is 11.0 Å². The Hall–Kier alpha value is -2.61. The fourth-order valence-corrected chi connectivity index (χ4v) is 6.45. The lowest BCUT2D eigenvalue weighted by Crippen LogP contribution is -2.38. The van der Waals surface area contributed by atoms with Crippen LogP contribution in [0.25, 0.3) is 11.0 Å². The molecule has 8 nitrogen and oxygen atoms in total.